The molecule has 0 bridgehead atoms. The molecule has 0 saturated carbocycles. The molecule has 1 aliphatic rings. The van der Waals surface area contributed by atoms with Gasteiger partial charge in [-0.2, -0.15) is 4.98 Å². The van der Waals surface area contributed by atoms with E-state index in [9.17, 15) is 4.79 Å². The van der Waals surface area contributed by atoms with E-state index in [2.05, 4.69) is 73.6 Å². The predicted octanol–water partition coefficient (Wildman–Crippen LogP) is 5.27. The summed E-state index contributed by atoms with van der Waals surface area (Å²) in [5, 5.41) is 4.18. The van der Waals surface area contributed by atoms with E-state index in [0.717, 1.165) is 11.1 Å². The molecule has 0 radical (unpaired) electrons. The van der Waals surface area contributed by atoms with E-state index in [1.165, 1.54) is 10.5 Å². The number of hydrogen-bond acceptors (Lipinski definition) is 5. The SMILES string of the molecule is CSc1ccc(CN2CC(c3noc(-c4ccc(C(C)(C)C)cc4)n3)CC2=O)cc1. The van der Waals surface area contributed by atoms with Crippen molar-refractivity contribution in [3.05, 3.63) is 65.5 Å². The molecule has 1 atom stereocenters. The van der Waals surface area contributed by atoms with Crippen LogP contribution in [0.15, 0.2) is 57.9 Å². The summed E-state index contributed by atoms with van der Waals surface area (Å²) in [5.41, 5.74) is 3.39. The molecule has 1 unspecified atom stereocenters. The van der Waals surface area contributed by atoms with Gasteiger partial charge in [-0.3, -0.25) is 4.79 Å². The zero-order chi connectivity index (χ0) is 21.3. The number of rotatable bonds is 5. The van der Waals surface area contributed by atoms with Crippen molar-refractivity contribution in [1.29, 1.82) is 0 Å². The zero-order valence-electron chi connectivity index (χ0n) is 17.9. The molecule has 0 N–H and O–H groups in total. The molecule has 4 rings (SSSR count). The molecule has 1 amide bonds. The Hall–Kier alpha value is -2.60. The summed E-state index contributed by atoms with van der Waals surface area (Å²) in [4.78, 5) is 20.2. The largest absolute Gasteiger partial charge is 0.338 e. The highest BCUT2D eigenvalue weighted by molar-refractivity contribution is 7.98. The van der Waals surface area contributed by atoms with E-state index >= 15 is 0 Å². The van der Waals surface area contributed by atoms with Crippen molar-refractivity contribution in [3.63, 3.8) is 0 Å². The van der Waals surface area contributed by atoms with Crippen LogP contribution in [0.25, 0.3) is 11.5 Å². The molecular formula is C24H27N3O2S. The molecule has 2 heterocycles. The van der Waals surface area contributed by atoms with Crippen LogP contribution in [0.2, 0.25) is 0 Å². The van der Waals surface area contributed by atoms with Crippen molar-refractivity contribution in [1.82, 2.24) is 15.0 Å². The summed E-state index contributed by atoms with van der Waals surface area (Å²) in [6.07, 6.45) is 2.48. The Morgan fingerprint density at radius 3 is 2.43 bits per heavy atom. The van der Waals surface area contributed by atoms with Crippen molar-refractivity contribution < 1.29 is 9.32 Å². The highest BCUT2D eigenvalue weighted by atomic mass is 32.2. The molecule has 1 saturated heterocycles. The van der Waals surface area contributed by atoms with E-state index in [-0.39, 0.29) is 17.2 Å². The Balaban J connectivity index is 1.44. The summed E-state index contributed by atoms with van der Waals surface area (Å²) in [6.45, 7) is 7.79. The maximum Gasteiger partial charge on any atom is 0.257 e. The second-order valence-electron chi connectivity index (χ2n) is 8.81. The fraction of sp³-hybridized carbons (Fsp3) is 0.375. The van der Waals surface area contributed by atoms with E-state index in [1.807, 2.05) is 17.0 Å². The lowest BCUT2D eigenvalue weighted by Crippen LogP contribution is -2.24. The zero-order valence-corrected chi connectivity index (χ0v) is 18.7. The van der Waals surface area contributed by atoms with Crippen LogP contribution >= 0.6 is 11.8 Å². The Kier molecular flexibility index (Phi) is 5.69. The first-order chi connectivity index (χ1) is 14.3. The van der Waals surface area contributed by atoms with Crippen molar-refractivity contribution in [3.8, 4) is 11.5 Å². The third-order valence-electron chi connectivity index (χ3n) is 5.55. The van der Waals surface area contributed by atoms with Crippen LogP contribution in [0, 0.1) is 0 Å². The molecule has 0 aliphatic carbocycles. The van der Waals surface area contributed by atoms with E-state index < -0.39 is 0 Å². The first-order valence-corrected chi connectivity index (χ1v) is 11.4. The molecule has 1 aromatic heterocycles. The molecule has 1 aliphatic heterocycles. The normalized spacial score (nSPS) is 17.0. The third kappa shape index (κ3) is 4.43. The Bertz CT molecular complexity index is 1020. The Morgan fingerprint density at radius 1 is 1.10 bits per heavy atom. The van der Waals surface area contributed by atoms with Gasteiger partial charge >= 0.3 is 0 Å². The number of carbonyl (C=O) groups is 1. The van der Waals surface area contributed by atoms with Gasteiger partial charge < -0.3 is 9.42 Å². The molecule has 5 nitrogen and oxygen atoms in total. The van der Waals surface area contributed by atoms with Gasteiger partial charge in [-0.25, -0.2) is 0 Å². The second kappa shape index (κ2) is 8.26. The standard InChI is InChI=1S/C24H27N3O2S/c1-24(2,3)19-9-7-17(8-10-19)23-25-22(26-29-23)18-13-21(28)27(15-18)14-16-5-11-20(30-4)12-6-16/h5-12,18H,13-15H2,1-4H3. The van der Waals surface area contributed by atoms with E-state index in [1.54, 1.807) is 11.8 Å². The number of aromatic nitrogens is 2. The topological polar surface area (TPSA) is 59.2 Å². The van der Waals surface area contributed by atoms with Crippen LogP contribution in [-0.2, 0) is 16.8 Å². The van der Waals surface area contributed by atoms with Crippen LogP contribution in [0.1, 0.15) is 50.1 Å². The van der Waals surface area contributed by atoms with E-state index in [0.29, 0.717) is 31.2 Å². The summed E-state index contributed by atoms with van der Waals surface area (Å²) in [7, 11) is 0. The van der Waals surface area contributed by atoms with Gasteiger partial charge in [0, 0.05) is 35.9 Å². The van der Waals surface area contributed by atoms with Crippen LogP contribution in [0.5, 0.6) is 0 Å². The van der Waals surface area contributed by atoms with Crippen LogP contribution in [0.3, 0.4) is 0 Å². The van der Waals surface area contributed by atoms with E-state index in [4.69, 9.17) is 4.52 Å². The monoisotopic (exact) mass is 421 g/mol. The van der Waals surface area contributed by atoms with Gasteiger partial charge in [0.25, 0.3) is 5.89 Å². The number of amides is 1. The van der Waals surface area contributed by atoms with Crippen molar-refractivity contribution in [2.45, 2.75) is 50.0 Å². The first-order valence-electron chi connectivity index (χ1n) is 10.2. The molecule has 2 aromatic carbocycles. The molecule has 30 heavy (non-hydrogen) atoms. The summed E-state index contributed by atoms with van der Waals surface area (Å²) in [6, 6.07) is 16.6. The highest BCUT2D eigenvalue weighted by Gasteiger charge is 2.33. The first kappa shape index (κ1) is 20.7. The summed E-state index contributed by atoms with van der Waals surface area (Å²) < 4.78 is 5.51. The molecule has 6 heteroatoms. The number of nitrogens with zero attached hydrogens (tertiary/aromatic N) is 3. The average Bonchev–Trinajstić information content (AvgIpc) is 3.35. The molecular weight excluding hydrogens is 394 g/mol. The van der Waals surface area contributed by atoms with Gasteiger partial charge in [-0.15, -0.1) is 11.8 Å². The lowest BCUT2D eigenvalue weighted by atomic mass is 9.87. The van der Waals surface area contributed by atoms with Crippen molar-refractivity contribution in [2.24, 2.45) is 0 Å². The maximum atomic E-state index is 12.5. The van der Waals surface area contributed by atoms with Gasteiger partial charge in [-0.1, -0.05) is 50.2 Å². The highest BCUT2D eigenvalue weighted by Crippen LogP contribution is 2.30. The lowest BCUT2D eigenvalue weighted by molar-refractivity contribution is -0.128. The number of hydrogen-bond donors (Lipinski definition) is 0. The molecule has 3 aromatic rings. The molecule has 0 spiro atoms. The number of carbonyl (C=O) groups excluding carboxylic acids is 1. The number of thioether (sulfide) groups is 1. The quantitative estimate of drug-likeness (QED) is 0.525. The Labute approximate surface area is 181 Å². The van der Waals surface area contributed by atoms with Gasteiger partial charge in [0.1, 0.15) is 0 Å². The second-order valence-corrected chi connectivity index (χ2v) is 9.69. The maximum absolute atomic E-state index is 12.5. The molecule has 1 fully saturated rings. The molecule has 156 valence electrons. The smallest absolute Gasteiger partial charge is 0.257 e. The van der Waals surface area contributed by atoms with Crippen LogP contribution in [-0.4, -0.2) is 33.7 Å². The fourth-order valence-electron chi connectivity index (χ4n) is 3.68. The lowest BCUT2D eigenvalue weighted by Gasteiger charge is -2.18. The van der Waals surface area contributed by atoms with Gasteiger partial charge in [0.15, 0.2) is 5.82 Å². The third-order valence-corrected chi connectivity index (χ3v) is 6.30. The van der Waals surface area contributed by atoms with Gasteiger partial charge in [0.2, 0.25) is 5.91 Å². The number of benzene rings is 2. The fourth-order valence-corrected chi connectivity index (χ4v) is 4.09. The van der Waals surface area contributed by atoms with Crippen LogP contribution < -0.4 is 0 Å². The van der Waals surface area contributed by atoms with Gasteiger partial charge in [0.05, 0.1) is 0 Å². The minimum absolute atomic E-state index is 0.0330. The van der Waals surface area contributed by atoms with Crippen molar-refractivity contribution in [2.75, 3.05) is 12.8 Å². The summed E-state index contributed by atoms with van der Waals surface area (Å²) >= 11 is 1.71. The Morgan fingerprint density at radius 2 is 1.80 bits per heavy atom. The minimum Gasteiger partial charge on any atom is -0.338 e. The average molecular weight is 422 g/mol. The minimum atomic E-state index is -0.0330. The predicted molar refractivity (Wildman–Crippen MR) is 119 cm³/mol. The number of likely N-dealkylation sites (tertiary alicyclic amines) is 1. The van der Waals surface area contributed by atoms with Gasteiger partial charge in [-0.05, 0) is 47.1 Å². The van der Waals surface area contributed by atoms with Crippen molar-refractivity contribution >= 4 is 17.7 Å². The van der Waals surface area contributed by atoms with Crippen LogP contribution in [0.4, 0.5) is 0 Å². The summed E-state index contributed by atoms with van der Waals surface area (Å²) in [5.74, 6) is 1.21.